The van der Waals surface area contributed by atoms with Crippen molar-refractivity contribution in [3.63, 3.8) is 0 Å². The Morgan fingerprint density at radius 1 is 1.16 bits per heavy atom. The average molecular weight is 435 g/mol. The van der Waals surface area contributed by atoms with Crippen molar-refractivity contribution in [2.45, 2.75) is 83.2 Å². The van der Waals surface area contributed by atoms with Crippen LogP contribution in [0, 0.1) is 5.92 Å². The van der Waals surface area contributed by atoms with Crippen molar-refractivity contribution in [2.75, 3.05) is 39.8 Å². The number of rotatable bonds is 8. The highest BCUT2D eigenvalue weighted by molar-refractivity contribution is 6.06. The smallest absolute Gasteiger partial charge is 0.325 e. The molecule has 8 heteroatoms. The number of likely N-dealkylation sites (tertiary alicyclic amines) is 1. The van der Waals surface area contributed by atoms with E-state index in [4.69, 9.17) is 0 Å². The first-order chi connectivity index (χ1) is 14.9. The van der Waals surface area contributed by atoms with Crippen molar-refractivity contribution < 1.29 is 9.59 Å². The minimum atomic E-state index is -0.756. The van der Waals surface area contributed by atoms with Crippen molar-refractivity contribution in [2.24, 2.45) is 10.9 Å². The summed E-state index contributed by atoms with van der Waals surface area (Å²) in [5.41, 5.74) is -0.756. The maximum absolute atomic E-state index is 12.5. The SMILES string of the molecule is CCC1(C)NC(=O)N(CCCNC(=NC)NC2CCN(CC3CCCCC3)CC2)C1=O. The zero-order chi connectivity index (χ0) is 22.3. The van der Waals surface area contributed by atoms with E-state index in [9.17, 15) is 9.59 Å². The van der Waals surface area contributed by atoms with Gasteiger partial charge in [0.15, 0.2) is 5.96 Å². The Bertz CT molecular complexity index is 640. The number of nitrogens with zero attached hydrogens (tertiary/aromatic N) is 3. The molecule has 1 unspecified atom stereocenters. The fraction of sp³-hybridized carbons (Fsp3) is 0.870. The van der Waals surface area contributed by atoms with Gasteiger partial charge in [-0.1, -0.05) is 26.2 Å². The second-order valence-electron chi connectivity index (χ2n) is 9.65. The normalized spacial score (nSPS) is 26.9. The number of carbonyl (C=O) groups excluding carboxylic acids is 2. The first-order valence-corrected chi connectivity index (χ1v) is 12.3. The van der Waals surface area contributed by atoms with Gasteiger partial charge >= 0.3 is 6.03 Å². The number of piperidine rings is 1. The number of carbonyl (C=O) groups is 2. The first-order valence-electron chi connectivity index (χ1n) is 12.3. The van der Waals surface area contributed by atoms with Crippen LogP contribution < -0.4 is 16.0 Å². The van der Waals surface area contributed by atoms with Crippen LogP contribution in [-0.2, 0) is 4.79 Å². The third-order valence-corrected chi connectivity index (χ3v) is 7.30. The fourth-order valence-corrected chi connectivity index (χ4v) is 5.02. The van der Waals surface area contributed by atoms with E-state index in [1.807, 2.05) is 6.92 Å². The van der Waals surface area contributed by atoms with Crippen LogP contribution in [0.5, 0.6) is 0 Å². The van der Waals surface area contributed by atoms with Crippen molar-refractivity contribution >= 4 is 17.9 Å². The Kier molecular flexibility index (Phi) is 8.58. The zero-order valence-electron chi connectivity index (χ0n) is 19.7. The van der Waals surface area contributed by atoms with Gasteiger partial charge in [-0.3, -0.25) is 14.7 Å². The summed E-state index contributed by atoms with van der Waals surface area (Å²) < 4.78 is 0. The van der Waals surface area contributed by atoms with Crippen molar-refractivity contribution in [1.29, 1.82) is 0 Å². The van der Waals surface area contributed by atoms with Gasteiger partial charge in [0, 0.05) is 45.8 Å². The van der Waals surface area contributed by atoms with Gasteiger partial charge in [0.1, 0.15) is 5.54 Å². The minimum Gasteiger partial charge on any atom is -0.356 e. The summed E-state index contributed by atoms with van der Waals surface area (Å²) in [4.78, 5) is 32.9. The molecule has 0 aromatic rings. The van der Waals surface area contributed by atoms with Crippen LogP contribution in [0.1, 0.15) is 71.6 Å². The number of hydrogen-bond acceptors (Lipinski definition) is 4. The maximum Gasteiger partial charge on any atom is 0.325 e. The number of urea groups is 1. The summed E-state index contributed by atoms with van der Waals surface area (Å²) in [6.45, 7) is 8.39. The molecule has 0 radical (unpaired) electrons. The number of hydrogen-bond donors (Lipinski definition) is 3. The van der Waals surface area contributed by atoms with E-state index in [1.54, 1.807) is 14.0 Å². The standard InChI is InChI=1S/C23H42N6O2/c1-4-23(2)20(30)29(22(31)27-23)14-8-13-25-21(24-3)26-19-11-15-28(16-12-19)17-18-9-6-5-7-10-18/h18-19H,4-17H2,1-3H3,(H,27,31)(H2,24,25,26). The molecule has 2 aliphatic heterocycles. The van der Waals surface area contributed by atoms with Crippen LogP contribution in [0.25, 0.3) is 0 Å². The summed E-state index contributed by atoms with van der Waals surface area (Å²) >= 11 is 0. The van der Waals surface area contributed by atoms with Crippen molar-refractivity contribution in [3.05, 3.63) is 0 Å². The van der Waals surface area contributed by atoms with Gasteiger partial charge in [0.05, 0.1) is 0 Å². The molecule has 2 saturated heterocycles. The number of amides is 3. The quantitative estimate of drug-likeness (QED) is 0.236. The summed E-state index contributed by atoms with van der Waals surface area (Å²) in [7, 11) is 1.79. The van der Waals surface area contributed by atoms with Crippen LogP contribution in [0.4, 0.5) is 4.79 Å². The van der Waals surface area contributed by atoms with Gasteiger partial charge in [-0.05, 0) is 51.4 Å². The minimum absolute atomic E-state index is 0.123. The van der Waals surface area contributed by atoms with E-state index >= 15 is 0 Å². The van der Waals surface area contributed by atoms with Crippen LogP contribution in [-0.4, -0.2) is 79.0 Å². The molecule has 0 bridgehead atoms. The lowest BCUT2D eigenvalue weighted by Gasteiger charge is -2.36. The Morgan fingerprint density at radius 2 is 1.87 bits per heavy atom. The number of nitrogens with one attached hydrogen (secondary N) is 3. The van der Waals surface area contributed by atoms with Crippen LogP contribution in [0.15, 0.2) is 4.99 Å². The molecular weight excluding hydrogens is 392 g/mol. The molecule has 176 valence electrons. The molecule has 0 aromatic heterocycles. The summed E-state index contributed by atoms with van der Waals surface area (Å²) in [5, 5.41) is 9.69. The molecule has 0 spiro atoms. The molecule has 1 atom stereocenters. The molecule has 31 heavy (non-hydrogen) atoms. The summed E-state index contributed by atoms with van der Waals surface area (Å²) in [6.07, 6.45) is 10.7. The highest BCUT2D eigenvalue weighted by Gasteiger charge is 2.45. The fourth-order valence-electron chi connectivity index (χ4n) is 5.02. The van der Waals surface area contributed by atoms with Crippen LogP contribution in [0.2, 0.25) is 0 Å². The molecule has 3 rings (SSSR count). The predicted molar refractivity (Wildman–Crippen MR) is 124 cm³/mol. The van der Waals surface area contributed by atoms with Gasteiger partial charge in [-0.2, -0.15) is 0 Å². The van der Waals surface area contributed by atoms with Gasteiger partial charge in [0.25, 0.3) is 5.91 Å². The third kappa shape index (κ3) is 6.34. The van der Waals surface area contributed by atoms with E-state index in [1.165, 1.54) is 43.5 Å². The molecule has 3 aliphatic rings. The predicted octanol–water partition coefficient (Wildman–Crippen LogP) is 2.31. The molecule has 1 saturated carbocycles. The van der Waals surface area contributed by atoms with Gasteiger partial charge in [-0.25, -0.2) is 4.79 Å². The lowest BCUT2D eigenvalue weighted by molar-refractivity contribution is -0.130. The average Bonchev–Trinajstić information content (AvgIpc) is 3.00. The number of guanidine groups is 1. The zero-order valence-corrected chi connectivity index (χ0v) is 19.7. The molecule has 3 fully saturated rings. The second-order valence-corrected chi connectivity index (χ2v) is 9.65. The van der Waals surface area contributed by atoms with E-state index in [2.05, 4.69) is 25.8 Å². The van der Waals surface area contributed by atoms with Gasteiger partial charge in [0.2, 0.25) is 0 Å². The van der Waals surface area contributed by atoms with E-state index in [0.29, 0.717) is 32.0 Å². The molecule has 3 N–H and O–H groups in total. The largest absolute Gasteiger partial charge is 0.356 e. The Labute approximate surface area is 187 Å². The highest BCUT2D eigenvalue weighted by atomic mass is 16.2. The molecular formula is C23H42N6O2. The molecule has 8 nitrogen and oxygen atoms in total. The first kappa shape index (κ1) is 23.8. The van der Waals surface area contributed by atoms with Gasteiger partial charge < -0.3 is 20.9 Å². The van der Waals surface area contributed by atoms with E-state index < -0.39 is 5.54 Å². The summed E-state index contributed by atoms with van der Waals surface area (Å²) in [6, 6.07) is 0.168. The van der Waals surface area contributed by atoms with Crippen LogP contribution in [0.3, 0.4) is 0 Å². The lowest BCUT2D eigenvalue weighted by atomic mass is 9.88. The number of imide groups is 1. The summed E-state index contributed by atoms with van der Waals surface area (Å²) in [5.74, 6) is 1.59. The maximum atomic E-state index is 12.5. The number of aliphatic imine (C=N–C) groups is 1. The third-order valence-electron chi connectivity index (χ3n) is 7.30. The van der Waals surface area contributed by atoms with E-state index in [-0.39, 0.29) is 11.9 Å². The van der Waals surface area contributed by atoms with Crippen molar-refractivity contribution in [1.82, 2.24) is 25.8 Å². The molecule has 1 aliphatic carbocycles. The van der Waals surface area contributed by atoms with Crippen molar-refractivity contribution in [3.8, 4) is 0 Å². The molecule has 2 heterocycles. The van der Waals surface area contributed by atoms with Crippen LogP contribution >= 0.6 is 0 Å². The molecule has 0 aromatic carbocycles. The monoisotopic (exact) mass is 434 g/mol. The molecule has 3 amide bonds. The van der Waals surface area contributed by atoms with E-state index in [0.717, 1.165) is 37.8 Å². The highest BCUT2D eigenvalue weighted by Crippen LogP contribution is 2.25. The Hall–Kier alpha value is -1.83. The Morgan fingerprint density at radius 3 is 2.48 bits per heavy atom. The lowest BCUT2D eigenvalue weighted by Crippen LogP contribution is -2.49. The van der Waals surface area contributed by atoms with Gasteiger partial charge in [-0.15, -0.1) is 0 Å². The second kappa shape index (κ2) is 11.2. The topological polar surface area (TPSA) is 89.1 Å². The Balaban J connectivity index is 1.32.